The average molecular weight is 484 g/mol. The molecule has 0 spiro atoms. The quantitative estimate of drug-likeness (QED) is 0.496. The number of aromatic nitrogens is 1. The van der Waals surface area contributed by atoms with Crippen LogP contribution < -0.4 is 5.32 Å². The number of thioether (sulfide) groups is 1. The van der Waals surface area contributed by atoms with E-state index in [-0.39, 0.29) is 11.7 Å². The summed E-state index contributed by atoms with van der Waals surface area (Å²) in [6.07, 6.45) is 2.89. The van der Waals surface area contributed by atoms with Crippen LogP contribution in [0, 0.1) is 20.8 Å². The van der Waals surface area contributed by atoms with E-state index in [0.717, 1.165) is 57.6 Å². The highest BCUT2D eigenvalue weighted by molar-refractivity contribution is 7.99. The number of sulfonamides is 1. The summed E-state index contributed by atoms with van der Waals surface area (Å²) in [6.45, 7) is 7.11. The summed E-state index contributed by atoms with van der Waals surface area (Å²) in [5.41, 5.74) is 4.67. The van der Waals surface area contributed by atoms with Gasteiger partial charge in [0.05, 0.1) is 21.2 Å². The largest absolute Gasteiger partial charge is 0.325 e. The predicted molar refractivity (Wildman–Crippen MR) is 134 cm³/mol. The van der Waals surface area contributed by atoms with Crippen molar-refractivity contribution in [2.75, 3.05) is 24.2 Å². The van der Waals surface area contributed by atoms with Crippen molar-refractivity contribution in [2.45, 2.75) is 50.0 Å². The van der Waals surface area contributed by atoms with Gasteiger partial charge in [0, 0.05) is 24.2 Å². The molecule has 0 bridgehead atoms. The van der Waals surface area contributed by atoms with Gasteiger partial charge in [0.15, 0.2) is 0 Å². The van der Waals surface area contributed by atoms with Gasteiger partial charge in [0.1, 0.15) is 0 Å². The molecule has 1 aliphatic rings. The Morgan fingerprint density at radius 1 is 1.00 bits per heavy atom. The van der Waals surface area contributed by atoms with E-state index in [2.05, 4.69) is 16.4 Å². The third-order valence-electron chi connectivity index (χ3n) is 5.77. The summed E-state index contributed by atoms with van der Waals surface area (Å²) < 4.78 is 27.7. The smallest absolute Gasteiger partial charge is 0.243 e. The van der Waals surface area contributed by atoms with E-state index in [9.17, 15) is 13.2 Å². The van der Waals surface area contributed by atoms with E-state index < -0.39 is 10.0 Å². The Hall–Kier alpha value is -2.42. The highest BCUT2D eigenvalue weighted by atomic mass is 32.2. The number of anilines is 1. The van der Waals surface area contributed by atoms with Crippen LogP contribution in [0.1, 0.15) is 36.0 Å². The molecule has 6 nitrogen and oxygen atoms in total. The standard InChI is InChI=1S/C25H29N3O3S2/c1-17-11-18(2)13-20(12-17)26-24(29)16-32-25-14-19(3)22-15-21(7-8-23(22)27-25)33(30,31)28-9-5-4-6-10-28/h7-8,11-15H,4-6,9-10,16H2,1-3H3,(H,26,29). The topological polar surface area (TPSA) is 79.4 Å². The van der Waals surface area contributed by atoms with Gasteiger partial charge in [-0.2, -0.15) is 4.31 Å². The van der Waals surface area contributed by atoms with Crippen LogP contribution in [0.5, 0.6) is 0 Å². The first kappa shape index (κ1) is 23.7. The van der Waals surface area contributed by atoms with Gasteiger partial charge in [-0.05, 0) is 86.7 Å². The number of carbonyl (C=O) groups excluding carboxylic acids is 1. The SMILES string of the molecule is Cc1cc(C)cc(NC(=O)CSc2cc(C)c3cc(S(=O)(=O)N4CCCCC4)ccc3n2)c1. The molecule has 174 valence electrons. The van der Waals surface area contributed by atoms with Crippen molar-refractivity contribution in [3.8, 4) is 0 Å². The molecule has 8 heteroatoms. The molecule has 0 aliphatic carbocycles. The van der Waals surface area contributed by atoms with Gasteiger partial charge in [0.25, 0.3) is 0 Å². The summed E-state index contributed by atoms with van der Waals surface area (Å²) in [7, 11) is -3.49. The number of carbonyl (C=O) groups is 1. The number of piperidine rings is 1. The molecule has 2 heterocycles. The predicted octanol–water partition coefficient (Wildman–Crippen LogP) is 5.07. The van der Waals surface area contributed by atoms with Crippen LogP contribution in [0.2, 0.25) is 0 Å². The summed E-state index contributed by atoms with van der Waals surface area (Å²) in [5, 5.41) is 4.50. The van der Waals surface area contributed by atoms with Gasteiger partial charge in [-0.3, -0.25) is 4.79 Å². The van der Waals surface area contributed by atoms with Crippen LogP contribution in [-0.2, 0) is 14.8 Å². The first-order chi connectivity index (χ1) is 15.7. The maximum absolute atomic E-state index is 13.0. The van der Waals surface area contributed by atoms with E-state index in [1.165, 1.54) is 11.8 Å². The number of rotatable bonds is 6. The molecule has 1 fully saturated rings. The molecule has 3 aromatic rings. The van der Waals surface area contributed by atoms with Gasteiger partial charge in [-0.1, -0.05) is 24.2 Å². The second-order valence-corrected chi connectivity index (χ2v) is 11.6. The monoisotopic (exact) mass is 483 g/mol. The lowest BCUT2D eigenvalue weighted by molar-refractivity contribution is -0.113. The molecular formula is C25H29N3O3S2. The lowest BCUT2D eigenvalue weighted by Gasteiger charge is -2.26. The maximum Gasteiger partial charge on any atom is 0.243 e. The highest BCUT2D eigenvalue weighted by Crippen LogP contribution is 2.28. The van der Waals surface area contributed by atoms with Crippen LogP contribution in [0.4, 0.5) is 5.69 Å². The van der Waals surface area contributed by atoms with E-state index in [1.807, 2.05) is 39.0 Å². The molecule has 1 aliphatic heterocycles. The summed E-state index contributed by atoms with van der Waals surface area (Å²) in [6, 6.07) is 13.0. The van der Waals surface area contributed by atoms with E-state index >= 15 is 0 Å². The number of pyridine rings is 1. The van der Waals surface area contributed by atoms with Crippen molar-refractivity contribution < 1.29 is 13.2 Å². The van der Waals surface area contributed by atoms with Crippen molar-refractivity contribution in [3.05, 3.63) is 59.2 Å². The molecule has 1 aromatic heterocycles. The molecule has 1 amide bonds. The fourth-order valence-electron chi connectivity index (χ4n) is 4.21. The van der Waals surface area contributed by atoms with E-state index in [4.69, 9.17) is 0 Å². The summed E-state index contributed by atoms with van der Waals surface area (Å²) >= 11 is 1.37. The Kier molecular flexibility index (Phi) is 7.07. The van der Waals surface area contributed by atoms with Gasteiger partial charge < -0.3 is 5.32 Å². The lowest BCUT2D eigenvalue weighted by Crippen LogP contribution is -2.35. The fourth-order valence-corrected chi connectivity index (χ4v) is 6.53. The minimum absolute atomic E-state index is 0.0903. The molecule has 4 rings (SSSR count). The minimum Gasteiger partial charge on any atom is -0.325 e. The van der Waals surface area contributed by atoms with Gasteiger partial charge >= 0.3 is 0 Å². The number of aryl methyl sites for hydroxylation is 3. The van der Waals surface area contributed by atoms with Crippen LogP contribution in [0.15, 0.2) is 52.4 Å². The van der Waals surface area contributed by atoms with Crippen molar-refractivity contribution in [3.63, 3.8) is 0 Å². The molecule has 33 heavy (non-hydrogen) atoms. The number of nitrogens with zero attached hydrogens (tertiary/aromatic N) is 2. The molecule has 0 unspecified atom stereocenters. The molecule has 1 saturated heterocycles. The molecule has 0 radical (unpaired) electrons. The third-order valence-corrected chi connectivity index (χ3v) is 8.58. The van der Waals surface area contributed by atoms with Crippen LogP contribution in [0.3, 0.4) is 0 Å². The second-order valence-electron chi connectivity index (χ2n) is 8.63. The third kappa shape index (κ3) is 5.57. The first-order valence-electron chi connectivity index (χ1n) is 11.1. The van der Waals surface area contributed by atoms with Crippen molar-refractivity contribution in [1.82, 2.24) is 9.29 Å². The zero-order valence-corrected chi connectivity index (χ0v) is 20.9. The molecular weight excluding hydrogens is 454 g/mol. The molecule has 1 N–H and O–H groups in total. The van der Waals surface area contributed by atoms with E-state index in [0.29, 0.717) is 18.0 Å². The first-order valence-corrected chi connectivity index (χ1v) is 13.6. The zero-order valence-electron chi connectivity index (χ0n) is 19.2. The Labute approximate surface area is 199 Å². The Morgan fingerprint density at radius 3 is 2.39 bits per heavy atom. The van der Waals surface area contributed by atoms with E-state index in [1.54, 1.807) is 22.5 Å². The molecule has 0 atom stereocenters. The highest BCUT2D eigenvalue weighted by Gasteiger charge is 2.26. The number of nitrogens with one attached hydrogen (secondary N) is 1. The normalized spacial score (nSPS) is 15.0. The number of hydrogen-bond donors (Lipinski definition) is 1. The number of hydrogen-bond acceptors (Lipinski definition) is 5. The van der Waals surface area contributed by atoms with Gasteiger partial charge in [-0.25, -0.2) is 13.4 Å². The van der Waals surface area contributed by atoms with Crippen molar-refractivity contribution >= 4 is 44.3 Å². The molecule has 2 aromatic carbocycles. The van der Waals surface area contributed by atoms with Gasteiger partial charge in [0.2, 0.25) is 15.9 Å². The Morgan fingerprint density at radius 2 is 1.70 bits per heavy atom. The average Bonchev–Trinajstić information content (AvgIpc) is 2.77. The van der Waals surface area contributed by atoms with Crippen LogP contribution in [-0.4, -0.2) is 42.5 Å². The summed E-state index contributed by atoms with van der Waals surface area (Å²) in [4.78, 5) is 17.4. The van der Waals surface area contributed by atoms with Gasteiger partial charge in [-0.15, -0.1) is 0 Å². The maximum atomic E-state index is 13.0. The zero-order chi connectivity index (χ0) is 23.6. The lowest BCUT2D eigenvalue weighted by atomic mass is 10.1. The number of benzene rings is 2. The molecule has 0 saturated carbocycles. The number of amides is 1. The minimum atomic E-state index is -3.49. The van der Waals surface area contributed by atoms with Crippen molar-refractivity contribution in [1.29, 1.82) is 0 Å². The fraction of sp³-hybridized carbons (Fsp3) is 0.360. The van der Waals surface area contributed by atoms with Crippen LogP contribution in [0.25, 0.3) is 10.9 Å². The Balaban J connectivity index is 1.48. The number of fused-ring (bicyclic) bond motifs is 1. The van der Waals surface area contributed by atoms with Crippen molar-refractivity contribution in [2.24, 2.45) is 0 Å². The Bertz CT molecular complexity index is 1280. The van der Waals surface area contributed by atoms with Crippen LogP contribution >= 0.6 is 11.8 Å². The second kappa shape index (κ2) is 9.83. The summed E-state index contributed by atoms with van der Waals surface area (Å²) in [5.74, 6) is 0.152.